The van der Waals surface area contributed by atoms with E-state index in [2.05, 4.69) is 5.32 Å². The fraction of sp³-hybridized carbons (Fsp3) is 0.188. The van der Waals surface area contributed by atoms with Crippen LogP contribution in [0, 0.1) is 10.1 Å². The summed E-state index contributed by atoms with van der Waals surface area (Å²) in [5.74, 6) is 0.619. The third kappa shape index (κ3) is 4.19. The second kappa shape index (κ2) is 7.26. The van der Waals surface area contributed by atoms with Gasteiger partial charge in [-0.1, -0.05) is 12.1 Å². The average molecular weight is 316 g/mol. The number of nitrogens with one attached hydrogen (secondary N) is 1. The Morgan fingerprint density at radius 2 is 1.74 bits per heavy atom. The van der Waals surface area contributed by atoms with Gasteiger partial charge >= 0.3 is 0 Å². The molecule has 0 fully saturated rings. The lowest BCUT2D eigenvalue weighted by atomic mass is 10.2. The summed E-state index contributed by atoms with van der Waals surface area (Å²) in [4.78, 5) is 22.2. The zero-order chi connectivity index (χ0) is 16.8. The number of carbonyl (C=O) groups is 1. The van der Waals surface area contributed by atoms with Crippen molar-refractivity contribution in [3.63, 3.8) is 0 Å². The van der Waals surface area contributed by atoms with Gasteiger partial charge in [-0.3, -0.25) is 14.9 Å². The Kier molecular flexibility index (Phi) is 5.14. The first kappa shape index (κ1) is 16.3. The first-order valence-electron chi connectivity index (χ1n) is 6.86. The summed E-state index contributed by atoms with van der Waals surface area (Å²) in [6.07, 6.45) is -0.763. The van der Waals surface area contributed by atoms with Gasteiger partial charge in [0.25, 0.3) is 11.6 Å². The Morgan fingerprint density at radius 1 is 1.13 bits per heavy atom. The molecule has 2 aromatic carbocycles. The van der Waals surface area contributed by atoms with Crippen molar-refractivity contribution in [1.82, 2.24) is 0 Å². The van der Waals surface area contributed by atoms with Crippen molar-refractivity contribution in [2.45, 2.75) is 13.0 Å². The van der Waals surface area contributed by atoms with Gasteiger partial charge in [0.2, 0.25) is 0 Å². The molecule has 0 saturated heterocycles. The number of benzene rings is 2. The molecule has 120 valence electrons. The number of nitro groups is 1. The molecule has 7 nitrogen and oxygen atoms in total. The van der Waals surface area contributed by atoms with Gasteiger partial charge in [-0.15, -0.1) is 0 Å². The van der Waals surface area contributed by atoms with Gasteiger partial charge in [-0.05, 0) is 31.2 Å². The monoisotopic (exact) mass is 316 g/mol. The first-order chi connectivity index (χ1) is 11.0. The van der Waals surface area contributed by atoms with E-state index in [4.69, 9.17) is 9.47 Å². The summed E-state index contributed by atoms with van der Waals surface area (Å²) < 4.78 is 10.7. The molecule has 0 radical (unpaired) electrons. The van der Waals surface area contributed by atoms with Crippen LogP contribution in [0.25, 0.3) is 0 Å². The molecular weight excluding hydrogens is 300 g/mol. The maximum atomic E-state index is 12.1. The molecule has 7 heteroatoms. The number of hydrogen-bond donors (Lipinski definition) is 1. The standard InChI is InChI=1S/C16H16N2O5/c1-11(23-15-6-4-3-5-14(15)22-2)16(19)17-12-7-9-13(10-8-12)18(20)21/h3-11H,1-2H3,(H,17,19). The Labute approximate surface area is 133 Å². The molecule has 23 heavy (non-hydrogen) atoms. The highest BCUT2D eigenvalue weighted by atomic mass is 16.6. The molecule has 1 amide bonds. The second-order valence-electron chi connectivity index (χ2n) is 4.70. The van der Waals surface area contributed by atoms with Crippen molar-refractivity contribution in [2.24, 2.45) is 0 Å². The van der Waals surface area contributed by atoms with Gasteiger partial charge in [0.15, 0.2) is 17.6 Å². The zero-order valence-electron chi connectivity index (χ0n) is 12.7. The molecule has 1 unspecified atom stereocenters. The van der Waals surface area contributed by atoms with Crippen molar-refractivity contribution in [3.8, 4) is 11.5 Å². The third-order valence-corrected chi connectivity index (χ3v) is 3.09. The fourth-order valence-corrected chi connectivity index (χ4v) is 1.87. The van der Waals surface area contributed by atoms with Gasteiger partial charge in [-0.25, -0.2) is 0 Å². The van der Waals surface area contributed by atoms with E-state index in [1.165, 1.54) is 31.4 Å². The maximum Gasteiger partial charge on any atom is 0.269 e. The summed E-state index contributed by atoms with van der Waals surface area (Å²) in [6.45, 7) is 1.60. The van der Waals surface area contributed by atoms with Crippen molar-refractivity contribution in [3.05, 3.63) is 58.6 Å². The number of carbonyl (C=O) groups excluding carboxylic acids is 1. The van der Waals surface area contributed by atoms with Crippen LogP contribution in [0.3, 0.4) is 0 Å². The smallest absolute Gasteiger partial charge is 0.269 e. The molecule has 0 aliphatic carbocycles. The fourth-order valence-electron chi connectivity index (χ4n) is 1.87. The minimum Gasteiger partial charge on any atom is -0.493 e. The van der Waals surface area contributed by atoms with E-state index < -0.39 is 11.0 Å². The summed E-state index contributed by atoms with van der Waals surface area (Å²) in [7, 11) is 1.52. The van der Waals surface area contributed by atoms with Crippen LogP contribution >= 0.6 is 0 Å². The van der Waals surface area contributed by atoms with E-state index in [0.717, 1.165) is 0 Å². The Hall–Kier alpha value is -3.09. The Balaban J connectivity index is 2.01. The van der Waals surface area contributed by atoms with Gasteiger partial charge in [0, 0.05) is 17.8 Å². The molecule has 1 N–H and O–H groups in total. The number of para-hydroxylation sites is 2. The molecule has 0 saturated carbocycles. The highest BCUT2D eigenvalue weighted by Crippen LogP contribution is 2.27. The number of amides is 1. The molecule has 0 spiro atoms. The van der Waals surface area contributed by atoms with Crippen molar-refractivity contribution in [2.75, 3.05) is 12.4 Å². The van der Waals surface area contributed by atoms with Crippen molar-refractivity contribution in [1.29, 1.82) is 0 Å². The van der Waals surface area contributed by atoms with Crippen LogP contribution in [0.5, 0.6) is 11.5 Å². The predicted octanol–water partition coefficient (Wildman–Crippen LogP) is 3.01. The van der Waals surface area contributed by atoms with Crippen LogP contribution in [-0.4, -0.2) is 24.0 Å². The number of methoxy groups -OCH3 is 1. The number of nitrogens with zero attached hydrogens (tertiary/aromatic N) is 1. The SMILES string of the molecule is COc1ccccc1OC(C)C(=O)Nc1ccc([N+](=O)[O-])cc1. The largest absolute Gasteiger partial charge is 0.493 e. The van der Waals surface area contributed by atoms with E-state index in [0.29, 0.717) is 17.2 Å². The van der Waals surface area contributed by atoms with Crippen molar-refractivity contribution >= 4 is 17.3 Å². The molecule has 2 aromatic rings. The zero-order valence-corrected chi connectivity index (χ0v) is 12.7. The van der Waals surface area contributed by atoms with E-state index in [-0.39, 0.29) is 11.6 Å². The summed E-state index contributed by atoms with van der Waals surface area (Å²) >= 11 is 0. The Bertz CT molecular complexity index is 700. The van der Waals surface area contributed by atoms with Crippen LogP contribution in [-0.2, 0) is 4.79 Å². The number of nitro benzene ring substituents is 1. The number of rotatable bonds is 6. The van der Waals surface area contributed by atoms with Gasteiger partial charge in [0.05, 0.1) is 12.0 Å². The highest BCUT2D eigenvalue weighted by Gasteiger charge is 2.17. The molecule has 1 atom stereocenters. The number of anilines is 1. The molecule has 0 aliphatic rings. The minimum atomic E-state index is -0.763. The number of hydrogen-bond acceptors (Lipinski definition) is 5. The first-order valence-corrected chi connectivity index (χ1v) is 6.86. The van der Waals surface area contributed by atoms with Crippen LogP contribution in [0.4, 0.5) is 11.4 Å². The van der Waals surface area contributed by atoms with E-state index in [9.17, 15) is 14.9 Å². The quantitative estimate of drug-likeness (QED) is 0.653. The molecule has 0 heterocycles. The summed E-state index contributed by atoms with van der Waals surface area (Å²) in [5.41, 5.74) is 0.414. The normalized spacial score (nSPS) is 11.4. The van der Waals surface area contributed by atoms with Gasteiger partial charge in [-0.2, -0.15) is 0 Å². The van der Waals surface area contributed by atoms with Crippen LogP contribution in [0.1, 0.15) is 6.92 Å². The van der Waals surface area contributed by atoms with Crippen LogP contribution in [0.2, 0.25) is 0 Å². The second-order valence-corrected chi connectivity index (χ2v) is 4.70. The van der Waals surface area contributed by atoms with Gasteiger partial charge in [0.1, 0.15) is 0 Å². The van der Waals surface area contributed by atoms with E-state index in [1.54, 1.807) is 31.2 Å². The predicted molar refractivity (Wildman–Crippen MR) is 84.8 cm³/mol. The van der Waals surface area contributed by atoms with Crippen LogP contribution < -0.4 is 14.8 Å². The molecule has 0 bridgehead atoms. The molecular formula is C16H16N2O5. The Morgan fingerprint density at radius 3 is 2.30 bits per heavy atom. The third-order valence-electron chi connectivity index (χ3n) is 3.09. The number of ether oxygens (including phenoxy) is 2. The highest BCUT2D eigenvalue weighted by molar-refractivity contribution is 5.94. The lowest BCUT2D eigenvalue weighted by Gasteiger charge is -2.16. The van der Waals surface area contributed by atoms with Crippen molar-refractivity contribution < 1.29 is 19.2 Å². The lowest BCUT2D eigenvalue weighted by molar-refractivity contribution is -0.384. The number of non-ortho nitro benzene ring substituents is 1. The van der Waals surface area contributed by atoms with E-state index >= 15 is 0 Å². The molecule has 0 aliphatic heterocycles. The maximum absolute atomic E-state index is 12.1. The molecule has 2 rings (SSSR count). The van der Waals surface area contributed by atoms with Gasteiger partial charge < -0.3 is 14.8 Å². The summed E-state index contributed by atoms with van der Waals surface area (Å²) in [5, 5.41) is 13.2. The minimum absolute atomic E-state index is 0.0404. The lowest BCUT2D eigenvalue weighted by Crippen LogP contribution is -2.30. The average Bonchev–Trinajstić information content (AvgIpc) is 2.55. The van der Waals surface area contributed by atoms with E-state index in [1.807, 2.05) is 0 Å². The molecule has 0 aromatic heterocycles. The van der Waals surface area contributed by atoms with Crippen LogP contribution in [0.15, 0.2) is 48.5 Å². The topological polar surface area (TPSA) is 90.7 Å². The summed E-state index contributed by atoms with van der Waals surface area (Å²) in [6, 6.07) is 12.6.